The van der Waals surface area contributed by atoms with Gasteiger partial charge in [-0.1, -0.05) is 30.3 Å². The first-order chi connectivity index (χ1) is 19.6. The number of aromatic nitrogens is 4. The van der Waals surface area contributed by atoms with Crippen LogP contribution in [-0.2, 0) is 11.8 Å². The van der Waals surface area contributed by atoms with E-state index in [4.69, 9.17) is 4.98 Å². The lowest BCUT2D eigenvalue weighted by molar-refractivity contribution is 0.0993. The van der Waals surface area contributed by atoms with Crippen LogP contribution in [0.25, 0.3) is 11.0 Å². The van der Waals surface area contributed by atoms with E-state index in [0.29, 0.717) is 34.4 Å². The molecule has 0 radical (unpaired) electrons. The quantitative estimate of drug-likeness (QED) is 0.296. The molecule has 9 heteroatoms. The van der Waals surface area contributed by atoms with Crippen molar-refractivity contribution in [1.29, 1.82) is 5.26 Å². The maximum Gasteiger partial charge on any atom is 0.226 e. The number of nitrogens with one attached hydrogen (secondary N) is 1. The molecule has 3 heterocycles. The number of piperidine rings is 1. The van der Waals surface area contributed by atoms with Gasteiger partial charge in [-0.25, -0.2) is 19.9 Å². The Hall–Kier alpha value is -4.42. The van der Waals surface area contributed by atoms with Crippen molar-refractivity contribution in [3.05, 3.63) is 77.2 Å². The molecule has 0 aliphatic carbocycles. The molecule has 2 aromatic carbocycles. The predicted molar refractivity (Wildman–Crippen MR) is 162 cm³/mol. The first kappa shape index (κ1) is 28.1. The van der Waals surface area contributed by atoms with Crippen molar-refractivity contribution in [2.24, 2.45) is 0 Å². The SMILES string of the molecule is Cc1ccc(CC(=O)c2cccc(C(C)(C)C#N)c2)cc1Nc1ncnc2cnc(N(C)C3CCN(C)CC3)nc12. The Kier molecular flexibility index (Phi) is 7.95. The van der Waals surface area contributed by atoms with Crippen LogP contribution in [0.4, 0.5) is 17.5 Å². The van der Waals surface area contributed by atoms with Gasteiger partial charge in [-0.05, 0) is 82.6 Å². The Balaban J connectivity index is 1.38. The minimum Gasteiger partial charge on any atom is -0.341 e. The Bertz CT molecular complexity index is 1620. The molecular weight excluding hydrogens is 512 g/mol. The molecule has 1 fully saturated rings. The molecule has 0 spiro atoms. The second-order valence-electron chi connectivity index (χ2n) is 11.5. The summed E-state index contributed by atoms with van der Waals surface area (Å²) in [4.78, 5) is 36.1. The summed E-state index contributed by atoms with van der Waals surface area (Å²) >= 11 is 0. The van der Waals surface area contributed by atoms with Crippen LogP contribution in [0.5, 0.6) is 0 Å². The second kappa shape index (κ2) is 11.6. The molecule has 5 rings (SSSR count). The normalized spacial score (nSPS) is 14.5. The highest BCUT2D eigenvalue weighted by molar-refractivity contribution is 5.98. The minimum absolute atomic E-state index is 0.00259. The molecule has 1 saturated heterocycles. The van der Waals surface area contributed by atoms with Gasteiger partial charge in [0.2, 0.25) is 5.95 Å². The van der Waals surface area contributed by atoms with Crippen LogP contribution in [-0.4, -0.2) is 63.8 Å². The van der Waals surface area contributed by atoms with Gasteiger partial charge in [-0.3, -0.25) is 4.79 Å². The zero-order valence-electron chi connectivity index (χ0n) is 24.3. The van der Waals surface area contributed by atoms with Crippen molar-refractivity contribution in [2.75, 3.05) is 37.4 Å². The first-order valence-corrected chi connectivity index (χ1v) is 14.0. The van der Waals surface area contributed by atoms with E-state index in [1.54, 1.807) is 12.3 Å². The van der Waals surface area contributed by atoms with Crippen molar-refractivity contribution in [3.63, 3.8) is 0 Å². The number of hydrogen-bond acceptors (Lipinski definition) is 9. The number of ketones is 1. The Morgan fingerprint density at radius 2 is 1.93 bits per heavy atom. The Labute approximate surface area is 241 Å². The number of nitrogens with zero attached hydrogens (tertiary/aromatic N) is 7. The van der Waals surface area contributed by atoms with Crippen molar-refractivity contribution in [1.82, 2.24) is 24.8 Å². The van der Waals surface area contributed by atoms with Crippen LogP contribution in [0.2, 0.25) is 0 Å². The topological polar surface area (TPSA) is 111 Å². The average Bonchev–Trinajstić information content (AvgIpc) is 2.99. The van der Waals surface area contributed by atoms with Gasteiger partial charge < -0.3 is 15.1 Å². The number of fused-ring (bicyclic) bond motifs is 1. The number of carbonyl (C=O) groups excluding carboxylic acids is 1. The third-order valence-electron chi connectivity index (χ3n) is 8.02. The standard InChI is InChI=1S/C32H36N8O/c1-21-9-10-22(16-28(41)23-7-6-8-24(17-23)32(2,3)19-33)15-26(21)37-30-29-27(35-20-36-30)18-34-31(38-29)40(5)25-11-13-39(4)14-12-25/h6-10,15,17-18,20,25H,11-14,16H2,1-5H3,(H,35,36,37). The molecule has 1 N–H and O–H groups in total. The first-order valence-electron chi connectivity index (χ1n) is 14.0. The van der Waals surface area contributed by atoms with Crippen LogP contribution in [0.3, 0.4) is 0 Å². The number of aryl methyl sites for hydroxylation is 1. The molecule has 0 atom stereocenters. The number of rotatable bonds is 8. The lowest BCUT2D eigenvalue weighted by atomic mass is 9.85. The summed E-state index contributed by atoms with van der Waals surface area (Å²) in [5.41, 5.74) is 4.81. The zero-order chi connectivity index (χ0) is 29.1. The van der Waals surface area contributed by atoms with Gasteiger partial charge in [0, 0.05) is 30.8 Å². The maximum absolute atomic E-state index is 13.2. The van der Waals surface area contributed by atoms with Crippen molar-refractivity contribution in [2.45, 2.75) is 51.5 Å². The fourth-order valence-corrected chi connectivity index (χ4v) is 5.13. The van der Waals surface area contributed by atoms with Gasteiger partial charge in [0.1, 0.15) is 17.4 Å². The van der Waals surface area contributed by atoms with Gasteiger partial charge in [0.15, 0.2) is 11.6 Å². The molecular formula is C32H36N8O. The van der Waals surface area contributed by atoms with E-state index in [1.165, 1.54) is 6.33 Å². The van der Waals surface area contributed by atoms with E-state index in [9.17, 15) is 10.1 Å². The molecule has 0 saturated carbocycles. The van der Waals surface area contributed by atoms with E-state index >= 15 is 0 Å². The van der Waals surface area contributed by atoms with Crippen LogP contribution >= 0.6 is 0 Å². The van der Waals surface area contributed by atoms with Gasteiger partial charge in [0.25, 0.3) is 0 Å². The van der Waals surface area contributed by atoms with Crippen molar-refractivity contribution >= 4 is 34.3 Å². The number of hydrogen-bond donors (Lipinski definition) is 1. The van der Waals surface area contributed by atoms with E-state index in [2.05, 4.69) is 50.2 Å². The smallest absolute Gasteiger partial charge is 0.226 e. The lowest BCUT2D eigenvalue weighted by Crippen LogP contribution is -2.42. The molecule has 0 bridgehead atoms. The zero-order valence-corrected chi connectivity index (χ0v) is 24.3. The highest BCUT2D eigenvalue weighted by Crippen LogP contribution is 2.28. The summed E-state index contributed by atoms with van der Waals surface area (Å²) in [5.74, 6) is 1.24. The summed E-state index contributed by atoms with van der Waals surface area (Å²) in [6.45, 7) is 7.83. The van der Waals surface area contributed by atoms with Crippen molar-refractivity contribution in [3.8, 4) is 6.07 Å². The Morgan fingerprint density at radius 3 is 2.68 bits per heavy atom. The van der Waals surface area contributed by atoms with E-state index in [1.807, 2.05) is 57.2 Å². The van der Waals surface area contributed by atoms with Crippen LogP contribution in [0, 0.1) is 18.3 Å². The largest absolute Gasteiger partial charge is 0.341 e. The molecule has 0 amide bonds. The number of likely N-dealkylation sites (tertiary alicyclic amines) is 1. The lowest BCUT2D eigenvalue weighted by Gasteiger charge is -2.35. The highest BCUT2D eigenvalue weighted by Gasteiger charge is 2.23. The molecule has 9 nitrogen and oxygen atoms in total. The molecule has 4 aromatic rings. The highest BCUT2D eigenvalue weighted by atomic mass is 16.1. The number of nitriles is 1. The summed E-state index contributed by atoms with van der Waals surface area (Å²) in [5, 5.41) is 12.9. The third kappa shape index (κ3) is 6.18. The summed E-state index contributed by atoms with van der Waals surface area (Å²) in [6, 6.07) is 16.0. The van der Waals surface area contributed by atoms with Crippen molar-refractivity contribution < 1.29 is 4.79 Å². The second-order valence-corrected chi connectivity index (χ2v) is 11.5. The van der Waals surface area contributed by atoms with Gasteiger partial charge in [-0.15, -0.1) is 0 Å². The average molecular weight is 549 g/mol. The number of anilines is 3. The van der Waals surface area contributed by atoms with Gasteiger partial charge in [0.05, 0.1) is 17.7 Å². The summed E-state index contributed by atoms with van der Waals surface area (Å²) in [6.07, 6.45) is 5.63. The molecule has 1 aliphatic rings. The molecule has 1 aliphatic heterocycles. The summed E-state index contributed by atoms with van der Waals surface area (Å²) in [7, 11) is 4.20. The minimum atomic E-state index is -0.664. The fraction of sp³-hybridized carbons (Fsp3) is 0.375. The van der Waals surface area contributed by atoms with E-state index in [0.717, 1.165) is 48.3 Å². The molecule has 2 aromatic heterocycles. The number of Topliss-reactive ketones (excluding diaryl/α,β-unsaturated/α-hetero) is 1. The Morgan fingerprint density at radius 1 is 1.15 bits per heavy atom. The number of benzene rings is 2. The monoisotopic (exact) mass is 548 g/mol. The molecule has 41 heavy (non-hydrogen) atoms. The van der Waals surface area contributed by atoms with Crippen LogP contribution < -0.4 is 10.2 Å². The molecule has 0 unspecified atom stereocenters. The van der Waals surface area contributed by atoms with Crippen LogP contribution in [0.1, 0.15) is 53.7 Å². The number of carbonyl (C=O) groups is 1. The predicted octanol–water partition coefficient (Wildman–Crippen LogP) is 5.23. The van der Waals surface area contributed by atoms with E-state index in [-0.39, 0.29) is 12.2 Å². The summed E-state index contributed by atoms with van der Waals surface area (Å²) < 4.78 is 0. The van der Waals surface area contributed by atoms with Gasteiger partial charge >= 0.3 is 0 Å². The third-order valence-corrected chi connectivity index (χ3v) is 8.02. The maximum atomic E-state index is 13.2. The fourth-order valence-electron chi connectivity index (χ4n) is 5.13. The van der Waals surface area contributed by atoms with Gasteiger partial charge in [-0.2, -0.15) is 5.26 Å². The van der Waals surface area contributed by atoms with E-state index < -0.39 is 5.41 Å². The van der Waals surface area contributed by atoms with Crippen LogP contribution in [0.15, 0.2) is 55.0 Å². The molecule has 210 valence electrons.